The third-order valence-electron chi connectivity index (χ3n) is 3.89. The van der Waals surface area contributed by atoms with Gasteiger partial charge < -0.3 is 5.32 Å². The van der Waals surface area contributed by atoms with Crippen molar-refractivity contribution in [3.05, 3.63) is 34.3 Å². The van der Waals surface area contributed by atoms with E-state index in [0.29, 0.717) is 5.54 Å². The Bertz CT molecular complexity index is 384. The summed E-state index contributed by atoms with van der Waals surface area (Å²) in [6.45, 7) is 9.34. The highest BCUT2D eigenvalue weighted by Gasteiger charge is 2.27. The van der Waals surface area contributed by atoms with Crippen molar-refractivity contribution in [3.63, 3.8) is 0 Å². The maximum Gasteiger partial charge on any atom is 0.0177 e. The van der Waals surface area contributed by atoms with E-state index in [0.717, 1.165) is 19.5 Å². The molecule has 0 radical (unpaired) electrons. The molecule has 1 aliphatic rings. The minimum absolute atomic E-state index is 0.296. The monoisotopic (exact) mass is 310 g/mol. The molecule has 0 unspecified atom stereocenters. The number of halogens is 1. The zero-order valence-electron chi connectivity index (χ0n) is 11.4. The molecule has 3 heteroatoms. The molecule has 0 atom stereocenters. The fraction of sp³-hybridized carbons (Fsp3) is 0.600. The lowest BCUT2D eigenvalue weighted by molar-refractivity contribution is 0.0959. The van der Waals surface area contributed by atoms with Gasteiger partial charge >= 0.3 is 0 Å². The van der Waals surface area contributed by atoms with E-state index in [1.807, 2.05) is 0 Å². The van der Waals surface area contributed by atoms with Crippen molar-refractivity contribution in [1.82, 2.24) is 10.2 Å². The Morgan fingerprint density at radius 2 is 2.00 bits per heavy atom. The van der Waals surface area contributed by atoms with Gasteiger partial charge in [0.15, 0.2) is 0 Å². The number of aryl methyl sites for hydroxylation is 1. The first-order chi connectivity index (χ1) is 8.58. The zero-order valence-corrected chi connectivity index (χ0v) is 13.0. The SMILES string of the molecule is CC(C)(CCc1cccc(Br)c1)N1CCNCC1. The molecule has 100 valence electrons. The lowest BCUT2D eigenvalue weighted by Gasteiger charge is -2.41. The summed E-state index contributed by atoms with van der Waals surface area (Å²) in [5, 5.41) is 3.42. The highest BCUT2D eigenvalue weighted by Crippen LogP contribution is 2.22. The maximum atomic E-state index is 3.54. The van der Waals surface area contributed by atoms with Gasteiger partial charge in [-0.15, -0.1) is 0 Å². The quantitative estimate of drug-likeness (QED) is 0.919. The predicted molar refractivity (Wildman–Crippen MR) is 81.0 cm³/mol. The fourth-order valence-electron chi connectivity index (χ4n) is 2.57. The van der Waals surface area contributed by atoms with E-state index in [2.05, 4.69) is 64.3 Å². The van der Waals surface area contributed by atoms with Crippen molar-refractivity contribution in [1.29, 1.82) is 0 Å². The van der Waals surface area contributed by atoms with Crippen LogP contribution >= 0.6 is 15.9 Å². The standard InChI is InChI=1S/C15H23BrN2/c1-15(2,18-10-8-17-9-11-18)7-6-13-4-3-5-14(16)12-13/h3-5,12,17H,6-11H2,1-2H3. The molecular formula is C15H23BrN2. The average molecular weight is 311 g/mol. The molecule has 0 aliphatic carbocycles. The van der Waals surface area contributed by atoms with Crippen LogP contribution in [-0.2, 0) is 6.42 Å². The second-order valence-corrected chi connectivity index (χ2v) is 6.60. The van der Waals surface area contributed by atoms with Gasteiger partial charge in [-0.3, -0.25) is 4.90 Å². The highest BCUT2D eigenvalue weighted by molar-refractivity contribution is 9.10. The Morgan fingerprint density at radius 1 is 1.28 bits per heavy atom. The smallest absolute Gasteiger partial charge is 0.0177 e. The first-order valence-corrected chi connectivity index (χ1v) is 7.57. The summed E-state index contributed by atoms with van der Waals surface area (Å²) in [6, 6.07) is 8.66. The Labute approximate surface area is 119 Å². The van der Waals surface area contributed by atoms with Crippen molar-refractivity contribution in [3.8, 4) is 0 Å². The normalized spacial score (nSPS) is 17.9. The molecular weight excluding hydrogens is 288 g/mol. The number of piperazine rings is 1. The van der Waals surface area contributed by atoms with E-state index in [-0.39, 0.29) is 0 Å². The number of hydrogen-bond donors (Lipinski definition) is 1. The third-order valence-corrected chi connectivity index (χ3v) is 4.38. The highest BCUT2D eigenvalue weighted by atomic mass is 79.9. The summed E-state index contributed by atoms with van der Waals surface area (Å²) < 4.78 is 1.18. The summed E-state index contributed by atoms with van der Waals surface area (Å²) in [6.07, 6.45) is 2.36. The van der Waals surface area contributed by atoms with E-state index in [4.69, 9.17) is 0 Å². The molecule has 1 aliphatic heterocycles. The molecule has 0 aromatic heterocycles. The van der Waals surface area contributed by atoms with Gasteiger partial charge in [-0.1, -0.05) is 28.1 Å². The Balaban J connectivity index is 1.91. The molecule has 1 aromatic rings. The lowest BCUT2D eigenvalue weighted by Crippen LogP contribution is -2.53. The maximum absolute atomic E-state index is 3.54. The van der Waals surface area contributed by atoms with Crippen molar-refractivity contribution in [2.75, 3.05) is 26.2 Å². The van der Waals surface area contributed by atoms with Gasteiger partial charge in [0.05, 0.1) is 0 Å². The van der Waals surface area contributed by atoms with Crippen molar-refractivity contribution in [2.24, 2.45) is 0 Å². The van der Waals surface area contributed by atoms with Gasteiger partial charge in [-0.25, -0.2) is 0 Å². The minimum Gasteiger partial charge on any atom is -0.314 e. The number of nitrogens with zero attached hydrogens (tertiary/aromatic N) is 1. The van der Waals surface area contributed by atoms with Gasteiger partial charge in [-0.2, -0.15) is 0 Å². The van der Waals surface area contributed by atoms with E-state index >= 15 is 0 Å². The molecule has 18 heavy (non-hydrogen) atoms. The third kappa shape index (κ3) is 3.81. The number of rotatable bonds is 4. The van der Waals surface area contributed by atoms with Crippen LogP contribution in [0.15, 0.2) is 28.7 Å². The van der Waals surface area contributed by atoms with Gasteiger partial charge in [-0.05, 0) is 44.4 Å². The van der Waals surface area contributed by atoms with Crippen LogP contribution in [0.3, 0.4) is 0 Å². The topological polar surface area (TPSA) is 15.3 Å². The molecule has 1 heterocycles. The number of nitrogens with one attached hydrogen (secondary N) is 1. The number of benzene rings is 1. The van der Waals surface area contributed by atoms with E-state index < -0.39 is 0 Å². The number of hydrogen-bond acceptors (Lipinski definition) is 2. The molecule has 0 saturated carbocycles. The zero-order chi connectivity index (χ0) is 13.0. The van der Waals surface area contributed by atoms with Crippen LogP contribution in [-0.4, -0.2) is 36.6 Å². The molecule has 2 rings (SSSR count). The fourth-order valence-corrected chi connectivity index (χ4v) is 3.02. The van der Waals surface area contributed by atoms with Crippen LogP contribution in [0.1, 0.15) is 25.8 Å². The first kappa shape index (κ1) is 14.0. The molecule has 1 N–H and O–H groups in total. The summed E-state index contributed by atoms with van der Waals surface area (Å²) in [7, 11) is 0. The van der Waals surface area contributed by atoms with Crippen LogP contribution < -0.4 is 5.32 Å². The van der Waals surface area contributed by atoms with Crippen molar-refractivity contribution < 1.29 is 0 Å². The van der Waals surface area contributed by atoms with Crippen molar-refractivity contribution in [2.45, 2.75) is 32.2 Å². The molecule has 1 saturated heterocycles. The first-order valence-electron chi connectivity index (χ1n) is 6.78. The van der Waals surface area contributed by atoms with Gasteiger partial charge in [0.1, 0.15) is 0 Å². The molecule has 1 aromatic carbocycles. The summed E-state index contributed by atoms with van der Waals surface area (Å²) in [5.74, 6) is 0. The van der Waals surface area contributed by atoms with E-state index in [1.54, 1.807) is 0 Å². The Hall–Kier alpha value is -0.380. The van der Waals surface area contributed by atoms with Crippen molar-refractivity contribution >= 4 is 15.9 Å². The minimum atomic E-state index is 0.296. The lowest BCUT2D eigenvalue weighted by atomic mass is 9.93. The molecule has 0 bridgehead atoms. The van der Waals surface area contributed by atoms with Gasteiger partial charge in [0.25, 0.3) is 0 Å². The Morgan fingerprint density at radius 3 is 2.67 bits per heavy atom. The van der Waals surface area contributed by atoms with E-state index in [9.17, 15) is 0 Å². The summed E-state index contributed by atoms with van der Waals surface area (Å²) >= 11 is 3.54. The van der Waals surface area contributed by atoms with Crippen LogP contribution in [0.2, 0.25) is 0 Å². The van der Waals surface area contributed by atoms with E-state index in [1.165, 1.54) is 29.5 Å². The largest absolute Gasteiger partial charge is 0.314 e. The molecule has 0 amide bonds. The molecule has 0 spiro atoms. The molecule has 2 nitrogen and oxygen atoms in total. The average Bonchev–Trinajstić information content (AvgIpc) is 2.38. The van der Waals surface area contributed by atoms with Crippen LogP contribution in [0.25, 0.3) is 0 Å². The summed E-state index contributed by atoms with van der Waals surface area (Å²) in [5.41, 5.74) is 1.72. The van der Waals surface area contributed by atoms with Crippen LogP contribution in [0, 0.1) is 0 Å². The van der Waals surface area contributed by atoms with Crippen LogP contribution in [0.4, 0.5) is 0 Å². The van der Waals surface area contributed by atoms with Gasteiger partial charge in [0.2, 0.25) is 0 Å². The van der Waals surface area contributed by atoms with Gasteiger partial charge in [0, 0.05) is 36.2 Å². The molecule has 1 fully saturated rings. The predicted octanol–water partition coefficient (Wildman–Crippen LogP) is 3.07. The second kappa shape index (κ2) is 6.18. The second-order valence-electron chi connectivity index (χ2n) is 5.68. The van der Waals surface area contributed by atoms with Crippen LogP contribution in [0.5, 0.6) is 0 Å². The summed E-state index contributed by atoms with van der Waals surface area (Å²) in [4.78, 5) is 2.61. The Kier molecular flexibility index (Phi) is 4.82.